The molecule has 75 heavy (non-hydrogen) atoms. The number of aliphatic hydroxyl groups is 2. The third kappa shape index (κ3) is 40.8. The molecule has 0 amide bonds. The Balaban J connectivity index is 2.74. The topological polar surface area (TPSA) is 175 Å². The maximum atomic E-state index is 13.1. The van der Waals surface area contributed by atoms with E-state index in [0.29, 0.717) is 19.3 Å². The maximum Gasteiger partial charge on any atom is 0.335 e. The summed E-state index contributed by atoms with van der Waals surface area (Å²) in [4.78, 5) is 51.0. The van der Waals surface area contributed by atoms with Crippen molar-refractivity contribution >= 4 is 23.9 Å². The largest absolute Gasteiger partial charge is 0.479 e. The lowest BCUT2D eigenvalue weighted by molar-refractivity contribution is -0.301. The van der Waals surface area contributed by atoms with Crippen molar-refractivity contribution in [3.8, 4) is 0 Å². The van der Waals surface area contributed by atoms with Crippen LogP contribution in [0.25, 0.3) is 0 Å². The Labute approximate surface area is 454 Å². The number of unbranched alkanes of at least 4 members (excludes halogenated alkanes) is 22. The van der Waals surface area contributed by atoms with Gasteiger partial charge in [0, 0.05) is 12.8 Å². The monoisotopic (exact) mass is 1050 g/mol. The molecule has 1 aliphatic heterocycles. The highest BCUT2D eigenvalue weighted by Gasteiger charge is 2.50. The standard InChI is InChI=1S/C63H104O12/c1-4-7-10-13-16-19-22-25-27-28-30-32-34-37-40-43-46-49-55(64)71-52-54(73-56(65)50-47-44-41-38-35-31-24-21-18-15-12-9-6-3)53-72-63-61(59(68)58(67)60(75-63)62(69)70)74-57(66)51-48-45-42-39-36-33-29-26-23-20-17-14-11-8-5-2/h8,11,17,20-21,24-27,29,36,39,45,48,54,58-61,63,67-68H,4-7,9-10,12-16,18-19,22-23,28,30-35,37-38,40-44,46-47,49-53H2,1-3H3,(H,69,70)/b11-8-,20-17-,24-21-,27-25-,29-26-,39-36-,48-45-. The average molecular weight is 1050 g/mol. The van der Waals surface area contributed by atoms with E-state index in [2.05, 4.69) is 81.5 Å². The van der Waals surface area contributed by atoms with E-state index in [1.54, 1.807) is 12.2 Å². The van der Waals surface area contributed by atoms with Crippen LogP contribution >= 0.6 is 0 Å². The van der Waals surface area contributed by atoms with Gasteiger partial charge in [-0.3, -0.25) is 14.4 Å². The second-order valence-electron chi connectivity index (χ2n) is 19.9. The molecule has 0 radical (unpaired) electrons. The predicted molar refractivity (Wildman–Crippen MR) is 303 cm³/mol. The molecule has 0 aromatic carbocycles. The molecule has 428 valence electrons. The lowest BCUT2D eigenvalue weighted by Crippen LogP contribution is -2.61. The number of esters is 3. The minimum atomic E-state index is -1.94. The first-order valence-corrected chi connectivity index (χ1v) is 29.6. The number of allylic oxidation sites excluding steroid dienone is 13. The highest BCUT2D eigenvalue weighted by Crippen LogP contribution is 2.26. The molecule has 0 spiro atoms. The van der Waals surface area contributed by atoms with Crippen LogP contribution in [0.2, 0.25) is 0 Å². The van der Waals surface area contributed by atoms with Gasteiger partial charge in [-0.2, -0.15) is 0 Å². The van der Waals surface area contributed by atoms with E-state index in [1.807, 2.05) is 12.2 Å². The summed E-state index contributed by atoms with van der Waals surface area (Å²) in [7, 11) is 0. The summed E-state index contributed by atoms with van der Waals surface area (Å²) >= 11 is 0. The quantitative estimate of drug-likeness (QED) is 0.0228. The van der Waals surface area contributed by atoms with Crippen LogP contribution in [0.15, 0.2) is 85.1 Å². The van der Waals surface area contributed by atoms with E-state index in [9.17, 15) is 34.5 Å². The second kappa shape index (κ2) is 50.7. The van der Waals surface area contributed by atoms with Crippen molar-refractivity contribution in [1.82, 2.24) is 0 Å². The van der Waals surface area contributed by atoms with E-state index in [1.165, 1.54) is 83.5 Å². The van der Waals surface area contributed by atoms with Gasteiger partial charge in [-0.15, -0.1) is 0 Å². The van der Waals surface area contributed by atoms with E-state index in [-0.39, 0.29) is 25.9 Å². The number of rotatable bonds is 49. The van der Waals surface area contributed by atoms with Crippen molar-refractivity contribution in [1.29, 1.82) is 0 Å². The molecule has 3 N–H and O–H groups in total. The van der Waals surface area contributed by atoms with Crippen molar-refractivity contribution < 1.29 is 58.2 Å². The zero-order valence-electron chi connectivity index (χ0n) is 47.0. The molecule has 1 saturated heterocycles. The van der Waals surface area contributed by atoms with Crippen molar-refractivity contribution in [3.63, 3.8) is 0 Å². The van der Waals surface area contributed by atoms with Crippen LogP contribution in [0, 0.1) is 0 Å². The summed E-state index contributed by atoms with van der Waals surface area (Å²) in [6, 6.07) is 0. The zero-order valence-corrected chi connectivity index (χ0v) is 47.0. The van der Waals surface area contributed by atoms with Gasteiger partial charge in [0.15, 0.2) is 24.6 Å². The lowest BCUT2D eigenvalue weighted by atomic mass is 9.98. The fourth-order valence-corrected chi connectivity index (χ4v) is 8.43. The van der Waals surface area contributed by atoms with Crippen LogP contribution in [-0.2, 0) is 42.9 Å². The van der Waals surface area contributed by atoms with Gasteiger partial charge in [0.2, 0.25) is 0 Å². The highest BCUT2D eigenvalue weighted by molar-refractivity contribution is 5.74. The van der Waals surface area contributed by atoms with Gasteiger partial charge < -0.3 is 39.0 Å². The van der Waals surface area contributed by atoms with Gasteiger partial charge in [-0.1, -0.05) is 209 Å². The van der Waals surface area contributed by atoms with Crippen molar-refractivity contribution in [3.05, 3.63) is 85.1 Å². The molecule has 6 atom stereocenters. The summed E-state index contributed by atoms with van der Waals surface area (Å²) in [5.74, 6) is -3.30. The molecule has 1 heterocycles. The molecule has 1 aliphatic rings. The van der Waals surface area contributed by atoms with Crippen LogP contribution in [-0.4, -0.2) is 89.2 Å². The van der Waals surface area contributed by atoms with Crippen LogP contribution < -0.4 is 0 Å². The SMILES string of the molecule is CC/C=C\C/C=C\C/C=C\C/C=C\C/C=C\CC(=O)OC1C(OCC(COC(=O)CCCCCCCCC/C=C\CCCCCCCC)OC(=O)CCCCCCC/C=C\CCCCCC)OC(C(=O)O)C(O)C1O. The number of carboxylic acids is 1. The molecule has 12 heteroatoms. The first-order chi connectivity index (χ1) is 36.6. The molecule has 0 saturated carbocycles. The third-order valence-corrected chi connectivity index (χ3v) is 13.0. The van der Waals surface area contributed by atoms with Crippen molar-refractivity contribution in [2.45, 2.75) is 276 Å². The summed E-state index contributed by atoms with van der Waals surface area (Å²) in [5, 5.41) is 31.4. The first-order valence-electron chi connectivity index (χ1n) is 29.6. The van der Waals surface area contributed by atoms with E-state index in [4.69, 9.17) is 23.7 Å². The molecule has 0 bridgehead atoms. The third-order valence-electron chi connectivity index (χ3n) is 13.0. The van der Waals surface area contributed by atoms with Gasteiger partial charge in [0.25, 0.3) is 0 Å². The van der Waals surface area contributed by atoms with Crippen LogP contribution in [0.1, 0.15) is 239 Å². The molecule has 1 rings (SSSR count). The van der Waals surface area contributed by atoms with Crippen LogP contribution in [0.3, 0.4) is 0 Å². The smallest absolute Gasteiger partial charge is 0.335 e. The Morgan fingerprint density at radius 3 is 1.35 bits per heavy atom. The van der Waals surface area contributed by atoms with Crippen LogP contribution in [0.4, 0.5) is 0 Å². The normalized spacial score (nSPS) is 18.8. The van der Waals surface area contributed by atoms with Gasteiger partial charge >= 0.3 is 23.9 Å². The number of hydrogen-bond donors (Lipinski definition) is 3. The molecule has 12 nitrogen and oxygen atoms in total. The summed E-state index contributed by atoms with van der Waals surface area (Å²) in [5.41, 5.74) is 0. The van der Waals surface area contributed by atoms with Gasteiger partial charge in [0.05, 0.1) is 13.0 Å². The number of carboxylic acid groups (broad SMARTS) is 1. The number of carbonyl (C=O) groups excluding carboxylic acids is 3. The second-order valence-corrected chi connectivity index (χ2v) is 19.9. The van der Waals surface area contributed by atoms with Crippen LogP contribution in [0.5, 0.6) is 0 Å². The molecular formula is C63H104O12. The minimum absolute atomic E-state index is 0.139. The predicted octanol–water partition coefficient (Wildman–Crippen LogP) is 15.1. The molecule has 0 aromatic heterocycles. The number of hydrogen-bond acceptors (Lipinski definition) is 11. The molecule has 1 fully saturated rings. The summed E-state index contributed by atoms with van der Waals surface area (Å²) in [6.07, 6.45) is 52.9. The van der Waals surface area contributed by atoms with E-state index in [0.717, 1.165) is 96.3 Å². The summed E-state index contributed by atoms with van der Waals surface area (Å²) < 4.78 is 28.3. The Bertz CT molecular complexity index is 1630. The first kappa shape index (κ1) is 68.9. The van der Waals surface area contributed by atoms with Crippen molar-refractivity contribution in [2.24, 2.45) is 0 Å². The Hall–Kier alpha value is -4.10. The highest BCUT2D eigenvalue weighted by atomic mass is 16.7. The Kier molecular flexibility index (Phi) is 46.6. The zero-order chi connectivity index (χ0) is 54.7. The van der Waals surface area contributed by atoms with E-state index < -0.39 is 67.3 Å². The maximum absolute atomic E-state index is 13.1. The van der Waals surface area contributed by atoms with Gasteiger partial charge in [-0.05, 0) is 96.3 Å². The molecular weight excluding hydrogens is 949 g/mol. The molecule has 0 aromatic rings. The molecule has 6 unspecified atom stereocenters. The minimum Gasteiger partial charge on any atom is -0.479 e. The number of aliphatic carboxylic acids is 1. The number of ether oxygens (including phenoxy) is 5. The van der Waals surface area contributed by atoms with Gasteiger partial charge in [0.1, 0.15) is 18.8 Å². The van der Waals surface area contributed by atoms with Gasteiger partial charge in [-0.25, -0.2) is 4.79 Å². The fourth-order valence-electron chi connectivity index (χ4n) is 8.43. The fraction of sp³-hybridized carbons (Fsp3) is 0.714. The Morgan fingerprint density at radius 2 is 0.880 bits per heavy atom. The lowest BCUT2D eigenvalue weighted by Gasteiger charge is -2.40. The number of aliphatic hydroxyl groups excluding tert-OH is 2. The van der Waals surface area contributed by atoms with E-state index >= 15 is 0 Å². The Morgan fingerprint density at radius 1 is 0.467 bits per heavy atom. The molecule has 0 aliphatic carbocycles. The number of carbonyl (C=O) groups is 4. The summed E-state index contributed by atoms with van der Waals surface area (Å²) in [6.45, 7) is 5.80. The van der Waals surface area contributed by atoms with Crippen molar-refractivity contribution in [2.75, 3.05) is 13.2 Å². The average Bonchev–Trinajstić information content (AvgIpc) is 3.39.